The first-order valence-corrected chi connectivity index (χ1v) is 6.12. The smallest absolute Gasteiger partial charge is 0.302 e. The molecule has 0 aromatic rings. The Hall–Kier alpha value is -0.620. The molecule has 1 amide bonds. The van der Waals surface area contributed by atoms with Crippen molar-refractivity contribution >= 4 is 27.8 Å². The van der Waals surface area contributed by atoms with Gasteiger partial charge in [-0.25, -0.2) is 0 Å². The van der Waals surface area contributed by atoms with E-state index < -0.39 is 0 Å². The van der Waals surface area contributed by atoms with E-state index >= 15 is 0 Å². The molecular formula is C10H16BrNO4. The molecule has 0 saturated carbocycles. The predicted molar refractivity (Wildman–Crippen MR) is 61.1 cm³/mol. The standard InChI is InChI=1S/C10H16BrNO4/c1-6(13)12-5-9-8(15-7(2)14)3-4-10(11)16-9/h8-10H,3-5H2,1-2H3,(H,12,13)/t8-,9+,10?/m0/s1. The summed E-state index contributed by atoms with van der Waals surface area (Å²) < 4.78 is 10.7. The number of rotatable bonds is 3. The molecule has 1 saturated heterocycles. The summed E-state index contributed by atoms with van der Waals surface area (Å²) in [5, 5.41) is 2.62. The van der Waals surface area contributed by atoms with E-state index in [0.717, 1.165) is 12.8 Å². The summed E-state index contributed by atoms with van der Waals surface area (Å²) in [5.41, 5.74) is 0. The Morgan fingerprint density at radius 2 is 2.12 bits per heavy atom. The number of alkyl halides is 1. The number of carbonyl (C=O) groups excluding carboxylic acids is 2. The second-order valence-corrected chi connectivity index (χ2v) is 4.77. The van der Waals surface area contributed by atoms with Crippen LogP contribution in [0.25, 0.3) is 0 Å². The number of ether oxygens (including phenoxy) is 2. The van der Waals surface area contributed by atoms with Gasteiger partial charge in [-0.05, 0) is 12.8 Å². The van der Waals surface area contributed by atoms with Crippen LogP contribution in [0.15, 0.2) is 0 Å². The molecule has 1 N–H and O–H groups in total. The van der Waals surface area contributed by atoms with Gasteiger partial charge in [-0.2, -0.15) is 0 Å². The van der Waals surface area contributed by atoms with E-state index in [1.807, 2.05) is 0 Å². The Morgan fingerprint density at radius 3 is 2.69 bits per heavy atom. The Bertz CT molecular complexity index is 272. The van der Waals surface area contributed by atoms with E-state index in [0.29, 0.717) is 6.54 Å². The van der Waals surface area contributed by atoms with Crippen LogP contribution in [0.1, 0.15) is 26.7 Å². The minimum absolute atomic E-state index is 0.0435. The van der Waals surface area contributed by atoms with Crippen molar-refractivity contribution in [3.63, 3.8) is 0 Å². The maximum absolute atomic E-state index is 10.9. The minimum Gasteiger partial charge on any atom is -0.460 e. The number of hydrogen-bond donors (Lipinski definition) is 1. The van der Waals surface area contributed by atoms with Crippen molar-refractivity contribution in [1.29, 1.82) is 0 Å². The van der Waals surface area contributed by atoms with Gasteiger partial charge in [0.2, 0.25) is 5.91 Å². The molecule has 1 fully saturated rings. The summed E-state index contributed by atoms with van der Waals surface area (Å²) in [6, 6.07) is 0. The van der Waals surface area contributed by atoms with Crippen LogP contribution < -0.4 is 5.32 Å². The zero-order valence-corrected chi connectivity index (χ0v) is 11.0. The average molecular weight is 294 g/mol. The van der Waals surface area contributed by atoms with Gasteiger partial charge in [0, 0.05) is 20.4 Å². The topological polar surface area (TPSA) is 64.6 Å². The van der Waals surface area contributed by atoms with Gasteiger partial charge in [0.1, 0.15) is 17.2 Å². The lowest BCUT2D eigenvalue weighted by atomic mass is 10.1. The van der Waals surface area contributed by atoms with Gasteiger partial charge in [0.05, 0.1) is 0 Å². The Kier molecular flexibility index (Phi) is 5.21. The van der Waals surface area contributed by atoms with Crippen molar-refractivity contribution in [3.05, 3.63) is 0 Å². The number of hydrogen-bond acceptors (Lipinski definition) is 4. The Labute approximate surface area is 103 Å². The first kappa shape index (κ1) is 13.4. The second kappa shape index (κ2) is 6.20. The van der Waals surface area contributed by atoms with Crippen LogP contribution in [0, 0.1) is 0 Å². The molecule has 1 aliphatic heterocycles. The van der Waals surface area contributed by atoms with E-state index in [2.05, 4.69) is 21.2 Å². The van der Waals surface area contributed by atoms with Crippen LogP contribution in [-0.2, 0) is 19.1 Å². The van der Waals surface area contributed by atoms with Crippen LogP contribution in [-0.4, -0.2) is 35.6 Å². The molecule has 6 heteroatoms. The lowest BCUT2D eigenvalue weighted by molar-refractivity contribution is -0.162. The summed E-state index contributed by atoms with van der Waals surface area (Å²) in [6.07, 6.45) is 0.956. The third-order valence-electron chi connectivity index (χ3n) is 2.28. The second-order valence-electron chi connectivity index (χ2n) is 3.75. The van der Waals surface area contributed by atoms with Crippen LogP contribution in [0.5, 0.6) is 0 Å². The highest BCUT2D eigenvalue weighted by atomic mass is 79.9. The van der Waals surface area contributed by atoms with Crippen molar-refractivity contribution in [3.8, 4) is 0 Å². The molecule has 0 spiro atoms. The SMILES string of the molecule is CC(=O)NC[C@H]1OC(Br)CC[C@@H]1OC(C)=O. The van der Waals surface area contributed by atoms with E-state index in [9.17, 15) is 9.59 Å². The van der Waals surface area contributed by atoms with Gasteiger partial charge in [0.25, 0.3) is 0 Å². The highest BCUT2D eigenvalue weighted by molar-refractivity contribution is 9.09. The van der Waals surface area contributed by atoms with Gasteiger partial charge < -0.3 is 14.8 Å². The molecule has 3 atom stereocenters. The third-order valence-corrected chi connectivity index (χ3v) is 2.96. The molecular weight excluding hydrogens is 278 g/mol. The van der Waals surface area contributed by atoms with Gasteiger partial charge >= 0.3 is 5.97 Å². The van der Waals surface area contributed by atoms with Crippen LogP contribution in [0.4, 0.5) is 0 Å². The third kappa shape index (κ3) is 4.49. The lowest BCUT2D eigenvalue weighted by Gasteiger charge is -2.33. The highest BCUT2D eigenvalue weighted by Gasteiger charge is 2.32. The van der Waals surface area contributed by atoms with Crippen molar-refractivity contribution in [2.75, 3.05) is 6.54 Å². The van der Waals surface area contributed by atoms with E-state index in [4.69, 9.17) is 9.47 Å². The molecule has 1 aliphatic rings. The van der Waals surface area contributed by atoms with Crippen molar-refractivity contribution in [1.82, 2.24) is 5.32 Å². The fourth-order valence-electron chi connectivity index (χ4n) is 1.60. The largest absolute Gasteiger partial charge is 0.460 e. The van der Waals surface area contributed by atoms with Crippen LogP contribution in [0.2, 0.25) is 0 Å². The van der Waals surface area contributed by atoms with Crippen molar-refractivity contribution in [2.45, 2.75) is 43.9 Å². The zero-order chi connectivity index (χ0) is 12.1. The molecule has 1 unspecified atom stereocenters. The normalized spacial score (nSPS) is 29.6. The van der Waals surface area contributed by atoms with E-state index in [1.54, 1.807) is 0 Å². The summed E-state index contributed by atoms with van der Waals surface area (Å²) >= 11 is 3.35. The molecule has 16 heavy (non-hydrogen) atoms. The predicted octanol–water partition coefficient (Wildman–Crippen LogP) is 0.954. The molecule has 1 heterocycles. The Balaban J connectivity index is 2.50. The number of esters is 1. The summed E-state index contributed by atoms with van der Waals surface area (Å²) in [7, 11) is 0. The quantitative estimate of drug-likeness (QED) is 0.622. The number of nitrogens with one attached hydrogen (secondary N) is 1. The molecule has 0 bridgehead atoms. The number of amides is 1. The van der Waals surface area contributed by atoms with Gasteiger partial charge in [0.15, 0.2) is 0 Å². The van der Waals surface area contributed by atoms with E-state index in [1.165, 1.54) is 13.8 Å². The first-order chi connectivity index (χ1) is 7.49. The van der Waals surface area contributed by atoms with Gasteiger partial charge in [-0.15, -0.1) is 0 Å². The zero-order valence-electron chi connectivity index (χ0n) is 9.36. The number of halogens is 1. The molecule has 5 nitrogen and oxygen atoms in total. The first-order valence-electron chi connectivity index (χ1n) is 5.20. The minimum atomic E-state index is -0.325. The Morgan fingerprint density at radius 1 is 1.44 bits per heavy atom. The fourth-order valence-corrected chi connectivity index (χ4v) is 2.14. The average Bonchev–Trinajstić information content (AvgIpc) is 2.17. The number of carbonyl (C=O) groups is 2. The molecule has 0 radical (unpaired) electrons. The van der Waals surface area contributed by atoms with Crippen molar-refractivity contribution in [2.24, 2.45) is 0 Å². The summed E-state index contributed by atoms with van der Waals surface area (Å²) in [6.45, 7) is 3.17. The maximum atomic E-state index is 10.9. The lowest BCUT2D eigenvalue weighted by Crippen LogP contribution is -2.46. The maximum Gasteiger partial charge on any atom is 0.302 e. The van der Waals surface area contributed by atoms with Crippen molar-refractivity contribution < 1.29 is 19.1 Å². The van der Waals surface area contributed by atoms with E-state index in [-0.39, 0.29) is 29.1 Å². The molecule has 92 valence electrons. The highest BCUT2D eigenvalue weighted by Crippen LogP contribution is 2.25. The molecule has 0 aromatic heterocycles. The molecule has 0 aromatic carbocycles. The van der Waals surface area contributed by atoms with Crippen LogP contribution >= 0.6 is 15.9 Å². The van der Waals surface area contributed by atoms with Gasteiger partial charge in [-0.1, -0.05) is 15.9 Å². The van der Waals surface area contributed by atoms with Crippen LogP contribution in [0.3, 0.4) is 0 Å². The van der Waals surface area contributed by atoms with Gasteiger partial charge in [-0.3, -0.25) is 9.59 Å². The monoisotopic (exact) mass is 293 g/mol. The summed E-state index contributed by atoms with van der Waals surface area (Å²) in [4.78, 5) is 21.7. The molecule has 0 aliphatic carbocycles. The summed E-state index contributed by atoms with van der Waals surface area (Å²) in [5.74, 6) is -0.448. The fraction of sp³-hybridized carbons (Fsp3) is 0.800. The molecule has 1 rings (SSSR count).